The quantitative estimate of drug-likeness (QED) is 0.515. The lowest BCUT2D eigenvalue weighted by atomic mass is 9.99. The summed E-state index contributed by atoms with van der Waals surface area (Å²) in [5.41, 5.74) is 0.815. The van der Waals surface area contributed by atoms with Crippen LogP contribution >= 0.6 is 39.0 Å². The second kappa shape index (κ2) is 11.3. The monoisotopic (exact) mass is 527 g/mol. The van der Waals surface area contributed by atoms with Gasteiger partial charge in [-0.2, -0.15) is 4.99 Å². The van der Waals surface area contributed by atoms with Gasteiger partial charge in [-0.05, 0) is 43.9 Å². The van der Waals surface area contributed by atoms with Crippen LogP contribution in [0, 0.1) is 5.92 Å². The summed E-state index contributed by atoms with van der Waals surface area (Å²) in [6.07, 6.45) is 2.07. The third-order valence-corrected chi connectivity index (χ3v) is 7.48. The zero-order chi connectivity index (χ0) is 22.4. The molecule has 1 fully saturated rings. The number of hydrogen-bond donors (Lipinski definition) is 0. The molecule has 2 heterocycles. The van der Waals surface area contributed by atoms with Gasteiger partial charge in [0.1, 0.15) is 6.54 Å². The fourth-order valence-electron chi connectivity index (χ4n) is 3.33. The van der Waals surface area contributed by atoms with Gasteiger partial charge in [-0.1, -0.05) is 34.2 Å². The van der Waals surface area contributed by atoms with Crippen LogP contribution < -0.4 is 4.80 Å². The van der Waals surface area contributed by atoms with E-state index in [1.54, 1.807) is 11.5 Å². The number of halogens is 1. The summed E-state index contributed by atoms with van der Waals surface area (Å²) >= 11 is 6.07. The number of ether oxygens (including phenoxy) is 1. The Bertz CT molecular complexity index is 1030. The fourth-order valence-corrected chi connectivity index (χ4v) is 5.63. The molecular formula is C21H26BrN3O4S2. The third-order valence-electron chi connectivity index (χ3n) is 5.05. The van der Waals surface area contributed by atoms with E-state index in [4.69, 9.17) is 4.74 Å². The molecule has 0 unspecified atom stereocenters. The topological polar surface area (TPSA) is 81.0 Å². The van der Waals surface area contributed by atoms with E-state index in [2.05, 4.69) is 27.8 Å². The van der Waals surface area contributed by atoms with Crippen molar-refractivity contribution in [1.29, 1.82) is 0 Å². The van der Waals surface area contributed by atoms with E-state index >= 15 is 0 Å². The number of thiazole rings is 1. The van der Waals surface area contributed by atoms with E-state index in [1.165, 1.54) is 23.1 Å². The summed E-state index contributed by atoms with van der Waals surface area (Å²) in [6.45, 7) is 5.83. The van der Waals surface area contributed by atoms with Crippen LogP contribution in [0.3, 0.4) is 0 Å². The van der Waals surface area contributed by atoms with Crippen molar-refractivity contribution < 1.29 is 19.1 Å². The number of piperidine rings is 1. The Labute approximate surface area is 198 Å². The standard InChI is InChI=1S/C21H26BrN3O4S2/c1-3-29-20(28)11-25-16-5-4-15(22)10-17(16)31-21(25)23-18(26)12-30-13-19(27)24-8-6-14(2)7-9-24/h4-5,10,14H,3,6-9,11-13H2,1-2H3. The highest BCUT2D eigenvalue weighted by Crippen LogP contribution is 2.22. The lowest BCUT2D eigenvalue weighted by Crippen LogP contribution is -2.39. The Balaban J connectivity index is 1.68. The van der Waals surface area contributed by atoms with E-state index in [9.17, 15) is 14.4 Å². The van der Waals surface area contributed by atoms with Gasteiger partial charge in [0.2, 0.25) is 5.91 Å². The van der Waals surface area contributed by atoms with Gasteiger partial charge in [0.05, 0.1) is 28.3 Å². The Morgan fingerprint density at radius 3 is 2.71 bits per heavy atom. The first-order valence-electron chi connectivity index (χ1n) is 10.2. The van der Waals surface area contributed by atoms with Crippen LogP contribution in [0.5, 0.6) is 0 Å². The largest absolute Gasteiger partial charge is 0.465 e. The molecule has 1 saturated heterocycles. The zero-order valence-corrected chi connectivity index (χ0v) is 20.9. The number of benzene rings is 1. The normalized spacial score (nSPS) is 15.5. The summed E-state index contributed by atoms with van der Waals surface area (Å²) in [5.74, 6) is 0.433. The minimum atomic E-state index is -0.380. The first kappa shape index (κ1) is 24.0. The van der Waals surface area contributed by atoms with Crippen LogP contribution in [0.15, 0.2) is 27.7 Å². The molecule has 0 spiro atoms. The average molecular weight is 528 g/mol. The van der Waals surface area contributed by atoms with E-state index in [1.807, 2.05) is 23.1 Å². The predicted molar refractivity (Wildman–Crippen MR) is 127 cm³/mol. The predicted octanol–water partition coefficient (Wildman–Crippen LogP) is 3.45. The maximum absolute atomic E-state index is 12.5. The number of nitrogens with zero attached hydrogens (tertiary/aromatic N) is 3. The second-order valence-corrected chi connectivity index (χ2v) is 10.4. The number of hydrogen-bond acceptors (Lipinski definition) is 6. The van der Waals surface area contributed by atoms with Crippen LogP contribution in [0.4, 0.5) is 0 Å². The van der Waals surface area contributed by atoms with E-state index in [0.29, 0.717) is 17.3 Å². The molecule has 2 amide bonds. The number of amides is 2. The molecule has 0 N–H and O–H groups in total. The molecule has 1 aromatic heterocycles. The van der Waals surface area contributed by atoms with Crippen LogP contribution in [0.25, 0.3) is 10.2 Å². The number of carbonyl (C=O) groups excluding carboxylic acids is 3. The number of aromatic nitrogens is 1. The lowest BCUT2D eigenvalue weighted by molar-refractivity contribution is -0.143. The minimum absolute atomic E-state index is 0.0133. The van der Waals surface area contributed by atoms with Crippen molar-refractivity contribution in [1.82, 2.24) is 9.47 Å². The van der Waals surface area contributed by atoms with Crippen molar-refractivity contribution in [3.8, 4) is 0 Å². The molecule has 0 radical (unpaired) electrons. The van der Waals surface area contributed by atoms with Crippen LogP contribution in [0.2, 0.25) is 0 Å². The first-order chi connectivity index (χ1) is 14.9. The van der Waals surface area contributed by atoms with Crippen LogP contribution in [0.1, 0.15) is 26.7 Å². The van der Waals surface area contributed by atoms with Gasteiger partial charge in [-0.3, -0.25) is 14.4 Å². The highest BCUT2D eigenvalue weighted by molar-refractivity contribution is 9.10. The highest BCUT2D eigenvalue weighted by Gasteiger charge is 2.20. The number of thioether (sulfide) groups is 1. The summed E-state index contributed by atoms with van der Waals surface area (Å²) in [6, 6.07) is 5.69. The van der Waals surface area contributed by atoms with Gasteiger partial charge < -0.3 is 14.2 Å². The maximum atomic E-state index is 12.5. The van der Waals surface area contributed by atoms with Gasteiger partial charge in [-0.15, -0.1) is 11.8 Å². The lowest BCUT2D eigenvalue weighted by Gasteiger charge is -2.30. The summed E-state index contributed by atoms with van der Waals surface area (Å²) in [5, 5.41) is 0. The average Bonchev–Trinajstić information content (AvgIpc) is 3.04. The second-order valence-electron chi connectivity index (χ2n) is 7.45. The van der Waals surface area contributed by atoms with Crippen molar-refractivity contribution in [2.75, 3.05) is 31.2 Å². The molecule has 168 valence electrons. The van der Waals surface area contributed by atoms with Crippen LogP contribution in [-0.2, 0) is 25.7 Å². The number of carbonyl (C=O) groups is 3. The molecule has 31 heavy (non-hydrogen) atoms. The third kappa shape index (κ3) is 6.66. The van der Waals surface area contributed by atoms with E-state index in [-0.39, 0.29) is 35.8 Å². The maximum Gasteiger partial charge on any atom is 0.326 e. The SMILES string of the molecule is CCOC(=O)Cn1c(=NC(=O)CSCC(=O)N2CCC(C)CC2)sc2cc(Br)ccc21. The molecule has 1 aliphatic rings. The molecule has 1 aliphatic heterocycles. The van der Waals surface area contributed by atoms with Gasteiger partial charge in [0.15, 0.2) is 4.80 Å². The Hall–Kier alpha value is -1.65. The molecule has 10 heteroatoms. The van der Waals surface area contributed by atoms with Crippen LogP contribution in [-0.4, -0.2) is 58.5 Å². The molecule has 0 atom stereocenters. The van der Waals surface area contributed by atoms with Gasteiger partial charge >= 0.3 is 5.97 Å². The summed E-state index contributed by atoms with van der Waals surface area (Å²) in [7, 11) is 0. The van der Waals surface area contributed by atoms with E-state index < -0.39 is 0 Å². The smallest absolute Gasteiger partial charge is 0.326 e. The van der Waals surface area contributed by atoms with Crippen molar-refractivity contribution in [3.05, 3.63) is 27.5 Å². The van der Waals surface area contributed by atoms with Crippen molar-refractivity contribution in [3.63, 3.8) is 0 Å². The van der Waals surface area contributed by atoms with Gasteiger partial charge in [-0.25, -0.2) is 0 Å². The van der Waals surface area contributed by atoms with Gasteiger partial charge in [0, 0.05) is 17.6 Å². The molecule has 0 saturated carbocycles. The summed E-state index contributed by atoms with van der Waals surface area (Å²) < 4.78 is 8.58. The molecule has 1 aromatic carbocycles. The molecule has 0 aliphatic carbocycles. The number of rotatable bonds is 7. The number of fused-ring (bicyclic) bond motifs is 1. The minimum Gasteiger partial charge on any atom is -0.465 e. The zero-order valence-electron chi connectivity index (χ0n) is 17.6. The molecular weight excluding hydrogens is 502 g/mol. The number of esters is 1. The molecule has 0 bridgehead atoms. The molecule has 3 rings (SSSR count). The Morgan fingerprint density at radius 2 is 2.00 bits per heavy atom. The van der Waals surface area contributed by atoms with Crippen molar-refractivity contribution in [2.24, 2.45) is 10.9 Å². The summed E-state index contributed by atoms with van der Waals surface area (Å²) in [4.78, 5) is 43.4. The van der Waals surface area contributed by atoms with Gasteiger partial charge in [0.25, 0.3) is 5.91 Å². The molecule has 2 aromatic rings. The van der Waals surface area contributed by atoms with Crippen molar-refractivity contribution in [2.45, 2.75) is 33.2 Å². The highest BCUT2D eigenvalue weighted by atomic mass is 79.9. The first-order valence-corrected chi connectivity index (χ1v) is 13.0. The molecule has 7 nitrogen and oxygen atoms in total. The number of likely N-dealkylation sites (tertiary alicyclic amines) is 1. The Morgan fingerprint density at radius 1 is 1.26 bits per heavy atom. The Kier molecular flexibility index (Phi) is 8.74. The van der Waals surface area contributed by atoms with Crippen molar-refractivity contribution >= 4 is 67.0 Å². The fraction of sp³-hybridized carbons (Fsp3) is 0.524. The van der Waals surface area contributed by atoms with E-state index in [0.717, 1.165) is 40.6 Å².